The second-order valence-electron chi connectivity index (χ2n) is 8.08. The number of aryl methyl sites for hydroxylation is 1. The normalized spacial score (nSPS) is 25.5. The quantitative estimate of drug-likeness (QED) is 0.449. The van der Waals surface area contributed by atoms with Gasteiger partial charge >= 0.3 is 12.4 Å². The average Bonchev–Trinajstić information content (AvgIpc) is 2.61. The van der Waals surface area contributed by atoms with Gasteiger partial charge in [-0.25, -0.2) is 0 Å². The summed E-state index contributed by atoms with van der Waals surface area (Å²) in [4.78, 5) is 0. The van der Waals surface area contributed by atoms with Crippen molar-refractivity contribution in [3.63, 3.8) is 0 Å². The van der Waals surface area contributed by atoms with Crippen molar-refractivity contribution >= 4 is 0 Å². The van der Waals surface area contributed by atoms with E-state index in [9.17, 15) is 26.3 Å². The standard InChI is InChI=1S/C22H24F6/c1-14-6-8-16(12-18(14)21(23,24)25)20(10-4-3-5-11-20)17-9-7-15(2)19(13-17)22(26,27)28/h6-9,12-14,18H,3-5,10-11H2,1-2H3. The molecule has 0 saturated heterocycles. The molecule has 0 aliphatic heterocycles. The highest BCUT2D eigenvalue weighted by Crippen LogP contribution is 2.50. The first kappa shape index (κ1) is 21.0. The minimum absolute atomic E-state index is 0.122. The minimum atomic E-state index is -4.49. The highest BCUT2D eigenvalue weighted by Gasteiger charge is 2.46. The SMILES string of the molecule is Cc1ccc(C2(C3=CC(C(F)(F)F)C(C)C=C3)CCCCC2)cc1C(F)(F)F. The van der Waals surface area contributed by atoms with E-state index in [2.05, 4.69) is 0 Å². The third-order valence-electron chi connectivity index (χ3n) is 6.24. The molecule has 1 saturated carbocycles. The molecule has 1 aromatic rings. The van der Waals surface area contributed by atoms with E-state index in [1.807, 2.05) is 0 Å². The summed E-state index contributed by atoms with van der Waals surface area (Å²) in [6.45, 7) is 2.92. The number of benzene rings is 1. The van der Waals surface area contributed by atoms with E-state index in [1.165, 1.54) is 26.0 Å². The van der Waals surface area contributed by atoms with Crippen LogP contribution >= 0.6 is 0 Å². The van der Waals surface area contributed by atoms with Crippen molar-refractivity contribution in [1.29, 1.82) is 0 Å². The molecule has 154 valence electrons. The van der Waals surface area contributed by atoms with Gasteiger partial charge in [0.15, 0.2) is 0 Å². The minimum Gasteiger partial charge on any atom is -0.170 e. The van der Waals surface area contributed by atoms with Crippen LogP contribution < -0.4 is 0 Å². The highest BCUT2D eigenvalue weighted by atomic mass is 19.4. The van der Waals surface area contributed by atoms with Gasteiger partial charge in [0.1, 0.15) is 0 Å². The van der Waals surface area contributed by atoms with Crippen molar-refractivity contribution in [3.8, 4) is 0 Å². The number of hydrogen-bond acceptors (Lipinski definition) is 0. The molecule has 1 fully saturated rings. The summed E-state index contributed by atoms with van der Waals surface area (Å²) in [7, 11) is 0. The molecule has 0 aromatic heterocycles. The van der Waals surface area contributed by atoms with Crippen LogP contribution in [0.1, 0.15) is 55.7 Å². The fourth-order valence-electron chi connectivity index (χ4n) is 4.61. The molecule has 0 spiro atoms. The summed E-state index contributed by atoms with van der Waals surface area (Å²) < 4.78 is 80.9. The molecule has 2 aliphatic carbocycles. The Morgan fingerprint density at radius 1 is 0.964 bits per heavy atom. The smallest absolute Gasteiger partial charge is 0.170 e. The summed E-state index contributed by atoms with van der Waals surface area (Å²) in [5, 5.41) is 0. The van der Waals surface area contributed by atoms with Gasteiger partial charge in [-0.3, -0.25) is 0 Å². The number of allylic oxidation sites excluding steroid dienone is 4. The molecule has 28 heavy (non-hydrogen) atoms. The maximum atomic E-state index is 13.5. The lowest BCUT2D eigenvalue weighted by Crippen LogP contribution is -2.35. The van der Waals surface area contributed by atoms with Crippen molar-refractivity contribution in [2.24, 2.45) is 11.8 Å². The molecule has 6 heteroatoms. The Morgan fingerprint density at radius 2 is 1.61 bits per heavy atom. The van der Waals surface area contributed by atoms with E-state index in [-0.39, 0.29) is 5.56 Å². The number of rotatable bonds is 2. The van der Waals surface area contributed by atoms with Gasteiger partial charge in [-0.2, -0.15) is 26.3 Å². The molecular formula is C22H24F6. The van der Waals surface area contributed by atoms with E-state index in [0.717, 1.165) is 25.3 Å². The first-order valence-electron chi connectivity index (χ1n) is 9.61. The Labute approximate surface area is 161 Å². The van der Waals surface area contributed by atoms with Gasteiger partial charge in [0.25, 0.3) is 0 Å². The molecule has 0 bridgehead atoms. The molecule has 2 atom stereocenters. The number of alkyl halides is 6. The Kier molecular flexibility index (Phi) is 5.45. The van der Waals surface area contributed by atoms with Crippen molar-refractivity contribution in [2.45, 2.75) is 63.7 Å². The summed E-state index contributed by atoms with van der Waals surface area (Å²) >= 11 is 0. The van der Waals surface area contributed by atoms with Crippen LogP contribution in [0.3, 0.4) is 0 Å². The summed E-state index contributed by atoms with van der Waals surface area (Å²) in [6.07, 6.45) is -0.747. The molecule has 0 N–H and O–H groups in total. The molecule has 1 aromatic carbocycles. The molecule has 2 unspecified atom stereocenters. The number of halogens is 6. The van der Waals surface area contributed by atoms with E-state index < -0.39 is 35.2 Å². The van der Waals surface area contributed by atoms with Crippen molar-refractivity contribution in [1.82, 2.24) is 0 Å². The Balaban J connectivity index is 2.14. The van der Waals surface area contributed by atoms with E-state index in [4.69, 9.17) is 0 Å². The molecule has 2 aliphatic rings. The van der Waals surface area contributed by atoms with Crippen LogP contribution in [0.25, 0.3) is 0 Å². The van der Waals surface area contributed by atoms with Crippen LogP contribution in [0.4, 0.5) is 26.3 Å². The largest absolute Gasteiger partial charge is 0.416 e. The van der Waals surface area contributed by atoms with E-state index in [0.29, 0.717) is 24.0 Å². The first-order chi connectivity index (χ1) is 12.9. The zero-order valence-electron chi connectivity index (χ0n) is 15.9. The third-order valence-corrected chi connectivity index (χ3v) is 6.24. The van der Waals surface area contributed by atoms with Crippen molar-refractivity contribution in [3.05, 3.63) is 58.7 Å². The average molecular weight is 402 g/mol. The van der Waals surface area contributed by atoms with Gasteiger partial charge in [0.05, 0.1) is 11.5 Å². The van der Waals surface area contributed by atoms with Crippen LogP contribution in [0.15, 0.2) is 42.0 Å². The predicted molar refractivity (Wildman–Crippen MR) is 96.9 cm³/mol. The second-order valence-corrected chi connectivity index (χ2v) is 8.08. The zero-order chi connectivity index (χ0) is 20.7. The lowest BCUT2D eigenvalue weighted by atomic mass is 9.62. The summed E-state index contributed by atoms with van der Waals surface area (Å²) in [5.41, 5.74) is -0.416. The van der Waals surface area contributed by atoms with E-state index in [1.54, 1.807) is 18.2 Å². The molecule has 0 heterocycles. The third kappa shape index (κ3) is 3.87. The number of hydrogen-bond donors (Lipinski definition) is 0. The van der Waals surface area contributed by atoms with Gasteiger partial charge in [-0.15, -0.1) is 0 Å². The van der Waals surface area contributed by atoms with Crippen molar-refractivity contribution < 1.29 is 26.3 Å². The maximum Gasteiger partial charge on any atom is 0.416 e. The molecule has 0 nitrogen and oxygen atoms in total. The van der Waals surface area contributed by atoms with Crippen LogP contribution in [0.5, 0.6) is 0 Å². The molecule has 0 radical (unpaired) electrons. The lowest BCUT2D eigenvalue weighted by molar-refractivity contribution is -0.169. The molecule has 3 rings (SSSR count). The Bertz CT molecular complexity index is 775. The monoisotopic (exact) mass is 402 g/mol. The highest BCUT2D eigenvalue weighted by molar-refractivity contribution is 5.47. The van der Waals surface area contributed by atoms with Gasteiger partial charge in [-0.05, 0) is 48.4 Å². The van der Waals surface area contributed by atoms with Crippen LogP contribution in [-0.2, 0) is 11.6 Å². The Morgan fingerprint density at radius 3 is 2.18 bits per heavy atom. The first-order valence-corrected chi connectivity index (χ1v) is 9.61. The Hall–Kier alpha value is -1.72. The summed E-state index contributed by atoms with van der Waals surface area (Å²) in [5.74, 6) is -2.30. The van der Waals surface area contributed by atoms with Gasteiger partial charge < -0.3 is 0 Å². The van der Waals surface area contributed by atoms with Gasteiger partial charge in [-0.1, -0.05) is 56.5 Å². The fourth-order valence-corrected chi connectivity index (χ4v) is 4.61. The summed E-state index contributed by atoms with van der Waals surface area (Å²) in [6, 6.07) is 4.24. The molecule has 0 amide bonds. The molecular weight excluding hydrogens is 378 g/mol. The second kappa shape index (κ2) is 7.27. The van der Waals surface area contributed by atoms with Crippen LogP contribution in [0.2, 0.25) is 0 Å². The van der Waals surface area contributed by atoms with Crippen molar-refractivity contribution in [2.75, 3.05) is 0 Å². The van der Waals surface area contributed by atoms with Crippen LogP contribution in [0, 0.1) is 18.8 Å². The van der Waals surface area contributed by atoms with Gasteiger partial charge in [0, 0.05) is 5.41 Å². The maximum absolute atomic E-state index is 13.5. The topological polar surface area (TPSA) is 0 Å². The lowest BCUT2D eigenvalue weighted by Gasteiger charge is -2.42. The predicted octanol–water partition coefficient (Wildman–Crippen LogP) is 7.53. The van der Waals surface area contributed by atoms with E-state index >= 15 is 0 Å². The van der Waals surface area contributed by atoms with Gasteiger partial charge in [0.2, 0.25) is 0 Å². The zero-order valence-corrected chi connectivity index (χ0v) is 15.9. The van der Waals surface area contributed by atoms with Crippen LogP contribution in [-0.4, -0.2) is 6.18 Å². The fraction of sp³-hybridized carbons (Fsp3) is 0.545.